The SMILES string of the molecule is COc1cccc(NC(=O)COc2ccc(N3C[C@H](C(=O)NCc4ccc(C(C)C)cc4)CC3=O)cc2)c1. The third kappa shape index (κ3) is 6.91. The van der Waals surface area contributed by atoms with Crippen molar-refractivity contribution in [1.82, 2.24) is 5.32 Å². The van der Waals surface area contributed by atoms with E-state index in [-0.39, 0.29) is 30.7 Å². The van der Waals surface area contributed by atoms with Crippen LogP contribution in [0.25, 0.3) is 0 Å². The molecule has 1 aliphatic rings. The minimum atomic E-state index is -0.409. The Kier molecular flexibility index (Phi) is 8.63. The van der Waals surface area contributed by atoms with Crippen LogP contribution in [-0.2, 0) is 20.9 Å². The molecule has 0 radical (unpaired) electrons. The van der Waals surface area contributed by atoms with Gasteiger partial charge in [-0.15, -0.1) is 0 Å². The number of ether oxygens (including phenoxy) is 2. The van der Waals surface area contributed by atoms with Crippen LogP contribution in [0.3, 0.4) is 0 Å². The molecular weight excluding hydrogens is 482 g/mol. The molecule has 3 aromatic rings. The second-order valence-electron chi connectivity index (χ2n) is 9.58. The van der Waals surface area contributed by atoms with Gasteiger partial charge in [0.2, 0.25) is 11.8 Å². The highest BCUT2D eigenvalue weighted by Gasteiger charge is 2.35. The van der Waals surface area contributed by atoms with Crippen LogP contribution in [0.5, 0.6) is 11.5 Å². The van der Waals surface area contributed by atoms with Gasteiger partial charge >= 0.3 is 0 Å². The van der Waals surface area contributed by atoms with E-state index in [1.54, 1.807) is 60.5 Å². The highest BCUT2D eigenvalue weighted by molar-refractivity contribution is 6.00. The Balaban J connectivity index is 1.25. The first-order valence-electron chi connectivity index (χ1n) is 12.7. The number of nitrogens with one attached hydrogen (secondary N) is 2. The molecule has 38 heavy (non-hydrogen) atoms. The van der Waals surface area contributed by atoms with E-state index in [0.29, 0.717) is 41.9 Å². The number of carbonyl (C=O) groups is 3. The molecule has 8 heteroatoms. The van der Waals surface area contributed by atoms with Gasteiger partial charge in [-0.25, -0.2) is 0 Å². The topological polar surface area (TPSA) is 97.0 Å². The van der Waals surface area contributed by atoms with Crippen molar-refractivity contribution < 1.29 is 23.9 Å². The van der Waals surface area contributed by atoms with Gasteiger partial charge in [0.1, 0.15) is 11.5 Å². The van der Waals surface area contributed by atoms with Crippen molar-refractivity contribution in [2.24, 2.45) is 5.92 Å². The lowest BCUT2D eigenvalue weighted by molar-refractivity contribution is -0.126. The molecule has 0 saturated carbocycles. The van der Waals surface area contributed by atoms with Gasteiger partial charge < -0.3 is 25.0 Å². The average Bonchev–Trinajstić information content (AvgIpc) is 3.32. The van der Waals surface area contributed by atoms with Crippen LogP contribution in [0.1, 0.15) is 37.3 Å². The Morgan fingerprint density at radius 3 is 2.42 bits per heavy atom. The Morgan fingerprint density at radius 1 is 1.00 bits per heavy atom. The van der Waals surface area contributed by atoms with Crippen molar-refractivity contribution in [3.05, 3.63) is 83.9 Å². The number of hydrogen-bond donors (Lipinski definition) is 2. The number of rotatable bonds is 10. The highest BCUT2D eigenvalue weighted by atomic mass is 16.5. The molecule has 3 aromatic carbocycles. The summed E-state index contributed by atoms with van der Waals surface area (Å²) in [5.74, 6) is 0.661. The van der Waals surface area contributed by atoms with Gasteiger partial charge in [0, 0.05) is 37.0 Å². The Morgan fingerprint density at radius 2 is 1.74 bits per heavy atom. The number of benzene rings is 3. The molecule has 0 bridgehead atoms. The Bertz CT molecular complexity index is 1270. The maximum absolute atomic E-state index is 12.7. The summed E-state index contributed by atoms with van der Waals surface area (Å²) in [7, 11) is 1.56. The standard InChI is InChI=1S/C30H33N3O5/c1-20(2)22-9-7-21(8-10-22)17-31-30(36)23-15-29(35)33(18-23)25-11-13-26(14-12-25)38-19-28(34)32-24-5-4-6-27(16-24)37-3/h4-14,16,20,23H,15,17-19H2,1-3H3,(H,31,36)(H,32,34)/t23-/m1/s1. The fourth-order valence-corrected chi connectivity index (χ4v) is 4.26. The monoisotopic (exact) mass is 515 g/mol. The van der Waals surface area contributed by atoms with Crippen LogP contribution in [0.2, 0.25) is 0 Å². The molecule has 8 nitrogen and oxygen atoms in total. The smallest absolute Gasteiger partial charge is 0.262 e. The second-order valence-corrected chi connectivity index (χ2v) is 9.58. The summed E-state index contributed by atoms with van der Waals surface area (Å²) in [5.41, 5.74) is 3.58. The van der Waals surface area contributed by atoms with E-state index < -0.39 is 5.92 Å². The Labute approximate surface area is 222 Å². The minimum absolute atomic E-state index is 0.0993. The van der Waals surface area contributed by atoms with Gasteiger partial charge in [0.15, 0.2) is 6.61 Å². The maximum atomic E-state index is 12.7. The molecule has 198 valence electrons. The lowest BCUT2D eigenvalue weighted by Gasteiger charge is -2.17. The first-order chi connectivity index (χ1) is 18.3. The van der Waals surface area contributed by atoms with E-state index >= 15 is 0 Å². The van der Waals surface area contributed by atoms with E-state index in [1.807, 2.05) is 12.1 Å². The first kappa shape index (κ1) is 26.7. The average molecular weight is 516 g/mol. The summed E-state index contributed by atoms with van der Waals surface area (Å²) >= 11 is 0. The predicted octanol–water partition coefficient (Wildman–Crippen LogP) is 4.51. The summed E-state index contributed by atoms with van der Waals surface area (Å²) in [5, 5.41) is 5.72. The van der Waals surface area contributed by atoms with Gasteiger partial charge in [-0.3, -0.25) is 14.4 Å². The molecule has 3 amide bonds. The van der Waals surface area contributed by atoms with Gasteiger partial charge in [-0.1, -0.05) is 44.2 Å². The fourth-order valence-electron chi connectivity index (χ4n) is 4.26. The van der Waals surface area contributed by atoms with Gasteiger partial charge in [0.25, 0.3) is 5.91 Å². The normalized spacial score (nSPS) is 14.9. The van der Waals surface area contributed by atoms with E-state index in [1.165, 1.54) is 5.56 Å². The Hall–Kier alpha value is -4.33. The zero-order valence-electron chi connectivity index (χ0n) is 21.9. The molecule has 1 atom stereocenters. The summed E-state index contributed by atoms with van der Waals surface area (Å²) in [6, 6.07) is 22.2. The van der Waals surface area contributed by atoms with Crippen molar-refractivity contribution in [3.8, 4) is 11.5 Å². The lowest BCUT2D eigenvalue weighted by atomic mass is 10.0. The number of methoxy groups -OCH3 is 1. The van der Waals surface area contributed by atoms with E-state index in [4.69, 9.17) is 9.47 Å². The molecule has 4 rings (SSSR count). The second kappa shape index (κ2) is 12.3. The number of amides is 3. The van der Waals surface area contributed by atoms with E-state index in [9.17, 15) is 14.4 Å². The molecule has 0 unspecified atom stereocenters. The maximum Gasteiger partial charge on any atom is 0.262 e. The van der Waals surface area contributed by atoms with Crippen molar-refractivity contribution in [3.63, 3.8) is 0 Å². The number of carbonyl (C=O) groups excluding carboxylic acids is 3. The molecule has 2 N–H and O–H groups in total. The molecule has 0 aliphatic carbocycles. The third-order valence-corrected chi connectivity index (χ3v) is 6.48. The molecule has 0 aromatic heterocycles. The van der Waals surface area contributed by atoms with Gasteiger partial charge in [0.05, 0.1) is 13.0 Å². The predicted molar refractivity (Wildman–Crippen MR) is 146 cm³/mol. The van der Waals surface area contributed by atoms with Crippen LogP contribution >= 0.6 is 0 Å². The molecule has 1 aliphatic heterocycles. The molecular formula is C30H33N3O5. The van der Waals surface area contributed by atoms with Crippen molar-refractivity contribution in [2.45, 2.75) is 32.7 Å². The van der Waals surface area contributed by atoms with Gasteiger partial charge in [-0.2, -0.15) is 0 Å². The molecule has 1 saturated heterocycles. The zero-order chi connectivity index (χ0) is 27.1. The summed E-state index contributed by atoms with van der Waals surface area (Å²) in [4.78, 5) is 39.2. The van der Waals surface area contributed by atoms with E-state index in [2.05, 4.69) is 36.6 Å². The summed E-state index contributed by atoms with van der Waals surface area (Å²) in [6.45, 7) is 4.87. The number of hydrogen-bond acceptors (Lipinski definition) is 5. The summed E-state index contributed by atoms with van der Waals surface area (Å²) < 4.78 is 10.7. The molecule has 1 heterocycles. The highest BCUT2D eigenvalue weighted by Crippen LogP contribution is 2.27. The van der Waals surface area contributed by atoms with Crippen molar-refractivity contribution in [2.75, 3.05) is 30.5 Å². The quantitative estimate of drug-likeness (QED) is 0.414. The third-order valence-electron chi connectivity index (χ3n) is 6.48. The van der Waals surface area contributed by atoms with Crippen LogP contribution < -0.4 is 25.0 Å². The zero-order valence-corrected chi connectivity index (χ0v) is 21.9. The number of anilines is 2. The largest absolute Gasteiger partial charge is 0.497 e. The van der Waals surface area contributed by atoms with Crippen molar-refractivity contribution >= 4 is 29.1 Å². The van der Waals surface area contributed by atoms with Crippen LogP contribution in [-0.4, -0.2) is 38.0 Å². The first-order valence-corrected chi connectivity index (χ1v) is 12.7. The van der Waals surface area contributed by atoms with Crippen LogP contribution in [0, 0.1) is 5.92 Å². The van der Waals surface area contributed by atoms with Crippen LogP contribution in [0.4, 0.5) is 11.4 Å². The molecule has 1 fully saturated rings. The van der Waals surface area contributed by atoms with E-state index in [0.717, 1.165) is 5.56 Å². The number of nitrogens with zero attached hydrogens (tertiary/aromatic N) is 1. The van der Waals surface area contributed by atoms with Crippen molar-refractivity contribution in [1.29, 1.82) is 0 Å². The minimum Gasteiger partial charge on any atom is -0.497 e. The van der Waals surface area contributed by atoms with Crippen LogP contribution in [0.15, 0.2) is 72.8 Å². The van der Waals surface area contributed by atoms with Gasteiger partial charge in [-0.05, 0) is 53.4 Å². The lowest BCUT2D eigenvalue weighted by Crippen LogP contribution is -2.32. The molecule has 0 spiro atoms. The fraction of sp³-hybridized carbons (Fsp3) is 0.300. The summed E-state index contributed by atoms with van der Waals surface area (Å²) in [6.07, 6.45) is 0.167.